The Hall–Kier alpha value is -2.28. The smallest absolute Gasteiger partial charge is 0.263 e. The van der Waals surface area contributed by atoms with Crippen molar-refractivity contribution in [2.75, 3.05) is 0 Å². The highest BCUT2D eigenvalue weighted by Crippen LogP contribution is 2.33. The molecule has 21 heavy (non-hydrogen) atoms. The van der Waals surface area contributed by atoms with Gasteiger partial charge in [-0.1, -0.05) is 11.6 Å². The maximum absolute atomic E-state index is 13.4. The Kier molecular flexibility index (Phi) is 3.02. The van der Waals surface area contributed by atoms with Gasteiger partial charge in [0.1, 0.15) is 11.9 Å². The lowest BCUT2D eigenvalue weighted by atomic mass is 10.0. The van der Waals surface area contributed by atoms with Gasteiger partial charge in [0.25, 0.3) is 11.8 Å². The fourth-order valence-corrected chi connectivity index (χ4v) is 2.74. The van der Waals surface area contributed by atoms with E-state index in [1.54, 1.807) is 0 Å². The van der Waals surface area contributed by atoms with Crippen LogP contribution in [0.2, 0.25) is 5.02 Å². The molecule has 1 unspecified atom stereocenters. The third-order valence-electron chi connectivity index (χ3n) is 3.50. The molecule has 0 aromatic heterocycles. The third kappa shape index (κ3) is 1.92. The van der Waals surface area contributed by atoms with E-state index in [2.05, 4.69) is 5.32 Å². The van der Waals surface area contributed by atoms with Gasteiger partial charge in [-0.05, 0) is 18.6 Å². The summed E-state index contributed by atoms with van der Waals surface area (Å²) >= 11 is 5.73. The minimum absolute atomic E-state index is 0.0197. The maximum atomic E-state index is 13.4. The van der Waals surface area contributed by atoms with E-state index in [1.807, 2.05) is 0 Å². The molecular formula is C13H8ClFN2O4. The molecule has 108 valence electrons. The highest BCUT2D eigenvalue weighted by Gasteiger charge is 2.45. The Morgan fingerprint density at radius 2 is 1.90 bits per heavy atom. The summed E-state index contributed by atoms with van der Waals surface area (Å²) in [5.74, 6) is -3.55. The minimum atomic E-state index is -1.09. The number of amides is 4. The van der Waals surface area contributed by atoms with Gasteiger partial charge in [0.05, 0.1) is 16.1 Å². The number of piperidine rings is 1. The molecule has 0 saturated carbocycles. The zero-order valence-electron chi connectivity index (χ0n) is 10.5. The molecule has 1 saturated heterocycles. The van der Waals surface area contributed by atoms with Crippen LogP contribution < -0.4 is 5.32 Å². The van der Waals surface area contributed by atoms with E-state index in [0.717, 1.165) is 17.0 Å². The molecule has 1 atom stereocenters. The lowest BCUT2D eigenvalue weighted by molar-refractivity contribution is -0.136. The molecule has 3 rings (SSSR count). The van der Waals surface area contributed by atoms with Gasteiger partial charge >= 0.3 is 0 Å². The summed E-state index contributed by atoms with van der Waals surface area (Å²) in [5.41, 5.74) is -0.289. The van der Waals surface area contributed by atoms with Gasteiger partial charge in [-0.3, -0.25) is 29.4 Å². The minimum Gasteiger partial charge on any atom is -0.295 e. The van der Waals surface area contributed by atoms with Crippen LogP contribution in [0.15, 0.2) is 12.1 Å². The number of nitrogens with one attached hydrogen (secondary N) is 1. The highest BCUT2D eigenvalue weighted by atomic mass is 35.5. The first-order chi connectivity index (χ1) is 9.91. The van der Waals surface area contributed by atoms with Crippen LogP contribution in [0.3, 0.4) is 0 Å². The number of carbonyl (C=O) groups excluding carboxylic acids is 4. The normalized spacial score (nSPS) is 21.6. The van der Waals surface area contributed by atoms with Crippen LogP contribution in [0.4, 0.5) is 4.39 Å². The van der Waals surface area contributed by atoms with Crippen LogP contribution in [0.5, 0.6) is 0 Å². The lowest BCUT2D eigenvalue weighted by Crippen LogP contribution is -2.54. The largest absolute Gasteiger partial charge is 0.295 e. The molecule has 2 heterocycles. The number of fused-ring (bicyclic) bond motifs is 1. The second kappa shape index (κ2) is 4.63. The molecule has 2 aliphatic rings. The third-order valence-corrected chi connectivity index (χ3v) is 3.87. The predicted octanol–water partition coefficient (Wildman–Crippen LogP) is 0.880. The molecule has 1 aromatic carbocycles. The first-order valence-corrected chi connectivity index (χ1v) is 6.49. The number of rotatable bonds is 1. The molecule has 0 spiro atoms. The number of benzene rings is 1. The van der Waals surface area contributed by atoms with Gasteiger partial charge in [-0.15, -0.1) is 0 Å². The van der Waals surface area contributed by atoms with Gasteiger partial charge in [-0.25, -0.2) is 4.39 Å². The number of carbonyl (C=O) groups is 4. The number of hydrogen-bond acceptors (Lipinski definition) is 4. The highest BCUT2D eigenvalue weighted by molar-refractivity contribution is 6.37. The van der Waals surface area contributed by atoms with Gasteiger partial charge in [-0.2, -0.15) is 0 Å². The Morgan fingerprint density at radius 1 is 1.19 bits per heavy atom. The SMILES string of the molecule is O=C1CCC(N2C(=O)c3ccc(F)c(Cl)c3C2=O)C(=O)N1. The van der Waals surface area contributed by atoms with Crippen molar-refractivity contribution in [1.82, 2.24) is 10.2 Å². The number of halogens is 2. The van der Waals surface area contributed by atoms with E-state index in [4.69, 9.17) is 11.6 Å². The van der Waals surface area contributed by atoms with Gasteiger partial charge in [0.15, 0.2) is 0 Å². The van der Waals surface area contributed by atoms with Crippen molar-refractivity contribution >= 4 is 35.2 Å². The molecular weight excluding hydrogens is 303 g/mol. The number of nitrogens with zero attached hydrogens (tertiary/aromatic N) is 1. The molecule has 1 aromatic rings. The van der Waals surface area contributed by atoms with Crippen LogP contribution in [0.1, 0.15) is 33.6 Å². The average Bonchev–Trinajstić information content (AvgIpc) is 2.67. The topological polar surface area (TPSA) is 83.6 Å². The summed E-state index contributed by atoms with van der Waals surface area (Å²) in [6.07, 6.45) is 0.0577. The van der Waals surface area contributed by atoms with Crippen LogP contribution in [-0.4, -0.2) is 34.6 Å². The maximum Gasteiger partial charge on any atom is 0.263 e. The second-order valence-corrected chi connectivity index (χ2v) is 5.11. The summed E-state index contributed by atoms with van der Waals surface area (Å²) in [6.45, 7) is 0. The summed E-state index contributed by atoms with van der Waals surface area (Å²) in [6, 6.07) is 1.05. The summed E-state index contributed by atoms with van der Waals surface area (Å²) in [4.78, 5) is 48.2. The Labute approximate surface area is 122 Å². The van der Waals surface area contributed by atoms with Crippen LogP contribution in [0, 0.1) is 5.82 Å². The van der Waals surface area contributed by atoms with E-state index in [0.29, 0.717) is 0 Å². The van der Waals surface area contributed by atoms with E-state index in [-0.39, 0.29) is 24.0 Å². The second-order valence-electron chi connectivity index (χ2n) is 4.73. The van der Waals surface area contributed by atoms with E-state index >= 15 is 0 Å². The molecule has 4 amide bonds. The first kappa shape index (κ1) is 13.7. The van der Waals surface area contributed by atoms with Crippen LogP contribution in [-0.2, 0) is 9.59 Å². The molecule has 1 N–H and O–H groups in total. The lowest BCUT2D eigenvalue weighted by Gasteiger charge is -2.27. The molecule has 0 aliphatic carbocycles. The van der Waals surface area contributed by atoms with E-state index < -0.39 is 40.5 Å². The Bertz CT molecular complexity index is 718. The zero-order valence-corrected chi connectivity index (χ0v) is 11.2. The van der Waals surface area contributed by atoms with Crippen molar-refractivity contribution in [1.29, 1.82) is 0 Å². The summed E-state index contributed by atoms with van der Waals surface area (Å²) in [7, 11) is 0. The van der Waals surface area contributed by atoms with Crippen molar-refractivity contribution in [3.8, 4) is 0 Å². The van der Waals surface area contributed by atoms with Crippen molar-refractivity contribution in [3.05, 3.63) is 34.1 Å². The van der Waals surface area contributed by atoms with Crippen LogP contribution >= 0.6 is 11.6 Å². The molecule has 1 fully saturated rings. The molecule has 0 bridgehead atoms. The molecule has 6 nitrogen and oxygen atoms in total. The van der Waals surface area contributed by atoms with Gasteiger partial charge < -0.3 is 0 Å². The number of imide groups is 2. The van der Waals surface area contributed by atoms with Crippen LogP contribution in [0.25, 0.3) is 0 Å². The van der Waals surface area contributed by atoms with Gasteiger partial charge in [0, 0.05) is 6.42 Å². The summed E-state index contributed by atoms with van der Waals surface area (Å²) < 4.78 is 13.4. The zero-order chi connectivity index (χ0) is 15.3. The van der Waals surface area contributed by atoms with Crippen molar-refractivity contribution in [3.63, 3.8) is 0 Å². The first-order valence-electron chi connectivity index (χ1n) is 6.11. The predicted molar refractivity (Wildman–Crippen MR) is 68.1 cm³/mol. The quantitative estimate of drug-likeness (QED) is 0.781. The average molecular weight is 311 g/mol. The molecule has 8 heteroatoms. The fraction of sp³-hybridized carbons (Fsp3) is 0.231. The Morgan fingerprint density at radius 3 is 2.57 bits per heavy atom. The monoisotopic (exact) mass is 310 g/mol. The fourth-order valence-electron chi connectivity index (χ4n) is 2.49. The van der Waals surface area contributed by atoms with Crippen molar-refractivity contribution in [2.24, 2.45) is 0 Å². The molecule has 0 radical (unpaired) electrons. The van der Waals surface area contributed by atoms with E-state index in [1.165, 1.54) is 0 Å². The molecule has 2 aliphatic heterocycles. The Balaban J connectivity index is 2.02. The van der Waals surface area contributed by atoms with Gasteiger partial charge in [0.2, 0.25) is 11.8 Å². The van der Waals surface area contributed by atoms with Crippen molar-refractivity contribution < 1.29 is 23.6 Å². The van der Waals surface area contributed by atoms with Crippen molar-refractivity contribution in [2.45, 2.75) is 18.9 Å². The number of hydrogen-bond donors (Lipinski definition) is 1. The van der Waals surface area contributed by atoms with E-state index in [9.17, 15) is 23.6 Å². The standard InChI is InChI=1S/C13H8ClFN2O4/c14-10-6(15)2-1-5-9(10)13(21)17(12(5)20)7-3-4-8(18)16-11(7)19/h1-2,7H,3-4H2,(H,16,18,19). The summed E-state index contributed by atoms with van der Waals surface area (Å²) in [5, 5.41) is 1.63.